The topological polar surface area (TPSA) is 67.8 Å². The molecule has 4 aromatic rings. The van der Waals surface area contributed by atoms with E-state index in [9.17, 15) is 9.59 Å². The molecule has 1 aliphatic rings. The van der Waals surface area contributed by atoms with Gasteiger partial charge in [0.1, 0.15) is 4.70 Å². The van der Waals surface area contributed by atoms with Crippen LogP contribution in [-0.4, -0.2) is 14.5 Å². The van der Waals surface area contributed by atoms with Gasteiger partial charge >= 0.3 is 0 Å². The maximum Gasteiger partial charge on any atom is 0.271 e. The van der Waals surface area contributed by atoms with Crippen LogP contribution in [-0.2, 0) is 19.4 Å². The number of thiophene rings is 1. The second-order valence-corrected chi connectivity index (χ2v) is 7.52. The van der Waals surface area contributed by atoms with Crippen molar-refractivity contribution in [1.82, 2.24) is 14.5 Å². The molecule has 6 heteroatoms. The maximum atomic E-state index is 12.9. The Kier molecular flexibility index (Phi) is 3.15. The molecule has 3 heterocycles. The van der Waals surface area contributed by atoms with Crippen LogP contribution >= 0.6 is 11.3 Å². The molecule has 0 aliphatic heterocycles. The van der Waals surface area contributed by atoms with Gasteiger partial charge < -0.3 is 4.98 Å². The Morgan fingerprint density at radius 1 is 1.20 bits per heavy atom. The van der Waals surface area contributed by atoms with Crippen LogP contribution in [0.3, 0.4) is 0 Å². The smallest absolute Gasteiger partial charge is 0.271 e. The van der Waals surface area contributed by atoms with Gasteiger partial charge in [-0.2, -0.15) is 0 Å². The predicted molar refractivity (Wildman–Crippen MR) is 99.6 cm³/mol. The van der Waals surface area contributed by atoms with Crippen molar-refractivity contribution in [2.75, 3.05) is 0 Å². The summed E-state index contributed by atoms with van der Waals surface area (Å²) in [5.41, 5.74) is 3.55. The Morgan fingerprint density at radius 3 is 3.00 bits per heavy atom. The van der Waals surface area contributed by atoms with E-state index in [-0.39, 0.29) is 11.1 Å². The normalized spacial score (nSPS) is 13.6. The number of nitrogens with zero attached hydrogens (tertiary/aromatic N) is 2. The van der Waals surface area contributed by atoms with E-state index in [1.165, 1.54) is 10.4 Å². The van der Waals surface area contributed by atoms with Gasteiger partial charge in [0.25, 0.3) is 5.56 Å². The molecule has 0 atom stereocenters. The minimum absolute atomic E-state index is 0.0197. The van der Waals surface area contributed by atoms with Gasteiger partial charge in [-0.25, -0.2) is 4.98 Å². The number of hydrogen-bond acceptors (Lipinski definition) is 4. The number of fused-ring (bicyclic) bond motifs is 4. The monoisotopic (exact) mass is 349 g/mol. The molecule has 1 aliphatic carbocycles. The Labute approximate surface area is 146 Å². The quantitative estimate of drug-likeness (QED) is 0.605. The molecule has 0 saturated heterocycles. The highest BCUT2D eigenvalue weighted by molar-refractivity contribution is 7.19. The first-order chi connectivity index (χ1) is 12.2. The molecule has 0 amide bonds. The number of nitrogens with one attached hydrogen (secondary N) is 1. The van der Waals surface area contributed by atoms with Crippen LogP contribution in [0.2, 0.25) is 0 Å². The van der Waals surface area contributed by atoms with Crippen LogP contribution in [0.15, 0.2) is 46.2 Å². The number of aromatic amines is 1. The van der Waals surface area contributed by atoms with E-state index >= 15 is 0 Å². The Bertz CT molecular complexity index is 1250. The number of benzene rings is 1. The van der Waals surface area contributed by atoms with Crippen LogP contribution in [0.4, 0.5) is 0 Å². The number of hydrogen-bond donors (Lipinski definition) is 1. The van der Waals surface area contributed by atoms with Gasteiger partial charge in [-0.15, -0.1) is 11.3 Å². The van der Waals surface area contributed by atoms with Crippen molar-refractivity contribution in [3.63, 3.8) is 0 Å². The molecule has 1 aromatic carbocycles. The molecule has 25 heavy (non-hydrogen) atoms. The maximum absolute atomic E-state index is 12.9. The van der Waals surface area contributed by atoms with Gasteiger partial charge in [-0.3, -0.25) is 14.2 Å². The van der Waals surface area contributed by atoms with E-state index in [1.807, 2.05) is 24.3 Å². The highest BCUT2D eigenvalue weighted by Gasteiger charge is 2.21. The lowest BCUT2D eigenvalue weighted by Gasteiger charge is -2.08. The van der Waals surface area contributed by atoms with E-state index in [0.717, 1.165) is 45.9 Å². The van der Waals surface area contributed by atoms with Crippen molar-refractivity contribution < 1.29 is 0 Å². The van der Waals surface area contributed by atoms with E-state index < -0.39 is 0 Å². The van der Waals surface area contributed by atoms with E-state index in [4.69, 9.17) is 0 Å². The summed E-state index contributed by atoms with van der Waals surface area (Å²) in [7, 11) is 0. The molecule has 0 fully saturated rings. The summed E-state index contributed by atoms with van der Waals surface area (Å²) in [4.78, 5) is 33.5. The van der Waals surface area contributed by atoms with Crippen molar-refractivity contribution in [1.29, 1.82) is 0 Å². The van der Waals surface area contributed by atoms with Crippen LogP contribution in [0.5, 0.6) is 0 Å². The summed E-state index contributed by atoms with van der Waals surface area (Å²) in [6.07, 6.45) is 4.84. The fraction of sp³-hybridized carbons (Fsp3) is 0.211. The largest absolute Gasteiger partial charge is 0.322 e. The summed E-state index contributed by atoms with van der Waals surface area (Å²) in [5.74, 6) is 0. The SMILES string of the molecule is O=c1cc(Cn2cnc3c4c(sc3c2=O)CCC4)c2ccccc2[nH]1. The molecular formula is C19H15N3O2S. The lowest BCUT2D eigenvalue weighted by atomic mass is 10.1. The van der Waals surface area contributed by atoms with Gasteiger partial charge in [0.15, 0.2) is 0 Å². The highest BCUT2D eigenvalue weighted by atomic mass is 32.1. The summed E-state index contributed by atoms with van der Waals surface area (Å²) < 4.78 is 2.34. The van der Waals surface area contributed by atoms with Crippen LogP contribution in [0, 0.1) is 0 Å². The fourth-order valence-electron chi connectivity index (χ4n) is 3.68. The van der Waals surface area contributed by atoms with Crippen molar-refractivity contribution in [3.05, 3.63) is 73.4 Å². The standard InChI is InChI=1S/C19H15N3O2S/c23-16-8-11(12-4-1-2-6-14(12)21-16)9-22-10-20-17-13-5-3-7-15(13)25-18(17)19(22)24/h1-2,4,6,8,10H,3,5,7,9H2,(H,21,23). The molecule has 0 radical (unpaired) electrons. The van der Waals surface area contributed by atoms with Crippen molar-refractivity contribution >= 4 is 32.5 Å². The van der Waals surface area contributed by atoms with Crippen molar-refractivity contribution in [2.24, 2.45) is 0 Å². The number of H-pyrrole nitrogens is 1. The molecule has 0 bridgehead atoms. The number of pyridine rings is 1. The fourth-order valence-corrected chi connectivity index (χ4v) is 4.98. The van der Waals surface area contributed by atoms with Crippen molar-refractivity contribution in [3.8, 4) is 0 Å². The first-order valence-electron chi connectivity index (χ1n) is 8.31. The Balaban J connectivity index is 1.67. The van der Waals surface area contributed by atoms with E-state index in [1.54, 1.807) is 28.3 Å². The first-order valence-corrected chi connectivity index (χ1v) is 9.13. The zero-order valence-electron chi connectivity index (χ0n) is 13.4. The summed E-state index contributed by atoms with van der Waals surface area (Å²) >= 11 is 1.58. The lowest BCUT2D eigenvalue weighted by Crippen LogP contribution is -2.21. The van der Waals surface area contributed by atoms with Crippen LogP contribution in [0.1, 0.15) is 22.4 Å². The molecule has 124 valence electrons. The molecule has 5 nitrogen and oxygen atoms in total. The predicted octanol–water partition coefficient (Wildman–Crippen LogP) is 2.84. The summed E-state index contributed by atoms with van der Waals surface area (Å²) in [6, 6.07) is 9.20. The average Bonchev–Trinajstić information content (AvgIpc) is 3.19. The molecule has 0 saturated carbocycles. The second kappa shape index (κ2) is 5.39. The molecular weight excluding hydrogens is 334 g/mol. The lowest BCUT2D eigenvalue weighted by molar-refractivity contribution is 0.752. The second-order valence-electron chi connectivity index (χ2n) is 6.42. The highest BCUT2D eigenvalue weighted by Crippen LogP contribution is 2.34. The van der Waals surface area contributed by atoms with Gasteiger partial charge in [-0.1, -0.05) is 18.2 Å². The zero-order valence-corrected chi connectivity index (χ0v) is 14.2. The number of aryl methyl sites for hydroxylation is 2. The third-order valence-electron chi connectivity index (χ3n) is 4.85. The third-order valence-corrected chi connectivity index (χ3v) is 6.12. The molecule has 5 rings (SSSR count). The van der Waals surface area contributed by atoms with Gasteiger partial charge in [0.2, 0.25) is 5.56 Å². The van der Waals surface area contributed by atoms with Crippen LogP contribution in [0.25, 0.3) is 21.1 Å². The minimum Gasteiger partial charge on any atom is -0.322 e. The minimum atomic E-state index is -0.161. The molecule has 1 N–H and O–H groups in total. The molecule has 0 spiro atoms. The van der Waals surface area contributed by atoms with Crippen molar-refractivity contribution in [2.45, 2.75) is 25.8 Å². The average molecular weight is 349 g/mol. The van der Waals surface area contributed by atoms with Gasteiger partial charge in [-0.05, 0) is 36.5 Å². The first kappa shape index (κ1) is 14.6. The van der Waals surface area contributed by atoms with E-state index in [0.29, 0.717) is 6.54 Å². The summed E-state index contributed by atoms with van der Waals surface area (Å²) in [5, 5.41) is 0.947. The van der Waals surface area contributed by atoms with E-state index in [2.05, 4.69) is 9.97 Å². The number of rotatable bonds is 2. The molecule has 3 aromatic heterocycles. The van der Waals surface area contributed by atoms with Gasteiger partial charge in [0, 0.05) is 21.8 Å². The molecule has 0 unspecified atom stereocenters. The Hall–Kier alpha value is -2.73. The number of aromatic nitrogens is 3. The van der Waals surface area contributed by atoms with Crippen LogP contribution < -0.4 is 11.1 Å². The third kappa shape index (κ3) is 2.25. The summed E-state index contributed by atoms with van der Waals surface area (Å²) in [6.45, 7) is 0.342. The Morgan fingerprint density at radius 2 is 2.08 bits per heavy atom. The number of para-hydroxylation sites is 1. The zero-order chi connectivity index (χ0) is 17.0. The van der Waals surface area contributed by atoms with Gasteiger partial charge in [0.05, 0.1) is 18.4 Å².